The molecule has 2 aromatic heterocycles. The van der Waals surface area contributed by atoms with E-state index in [-0.39, 0.29) is 11.5 Å². The first-order valence-electron chi connectivity index (χ1n) is 10.3. The maximum atomic E-state index is 13.5. The van der Waals surface area contributed by atoms with Crippen LogP contribution in [0.3, 0.4) is 0 Å². The summed E-state index contributed by atoms with van der Waals surface area (Å²) >= 11 is 6.59. The molecule has 30 heavy (non-hydrogen) atoms. The predicted octanol–water partition coefficient (Wildman–Crippen LogP) is 3.71. The van der Waals surface area contributed by atoms with E-state index in [2.05, 4.69) is 18.7 Å². The second kappa shape index (κ2) is 8.15. The van der Waals surface area contributed by atoms with Crippen molar-refractivity contribution in [1.82, 2.24) is 14.3 Å². The van der Waals surface area contributed by atoms with E-state index >= 15 is 0 Å². The highest BCUT2D eigenvalue weighted by Gasteiger charge is 2.32. The van der Waals surface area contributed by atoms with Crippen LogP contribution in [0.4, 0.5) is 5.82 Å². The number of carbonyl (C=O) groups excluding carboxylic acids is 1. The van der Waals surface area contributed by atoms with E-state index < -0.39 is 0 Å². The summed E-state index contributed by atoms with van der Waals surface area (Å²) in [5.74, 6) is 1.54. The van der Waals surface area contributed by atoms with Crippen LogP contribution >= 0.6 is 24.0 Å². The number of aryl methyl sites for hydroxylation is 1. The van der Waals surface area contributed by atoms with E-state index in [9.17, 15) is 9.59 Å². The summed E-state index contributed by atoms with van der Waals surface area (Å²) in [6, 6.07) is 3.80. The molecule has 6 nitrogen and oxygen atoms in total. The summed E-state index contributed by atoms with van der Waals surface area (Å²) in [5.41, 5.74) is 1.89. The van der Waals surface area contributed by atoms with Crippen molar-refractivity contribution in [3.05, 3.63) is 44.7 Å². The summed E-state index contributed by atoms with van der Waals surface area (Å²) in [6.07, 6.45) is 4.59. The van der Waals surface area contributed by atoms with E-state index in [4.69, 9.17) is 17.2 Å². The Morgan fingerprint density at radius 3 is 2.60 bits per heavy atom. The second-order valence-corrected chi connectivity index (χ2v) is 9.99. The molecule has 2 atom stereocenters. The molecule has 0 spiro atoms. The van der Waals surface area contributed by atoms with Gasteiger partial charge < -0.3 is 4.90 Å². The quantitative estimate of drug-likeness (QED) is 0.534. The van der Waals surface area contributed by atoms with Gasteiger partial charge in [0.25, 0.3) is 11.5 Å². The fraction of sp³-hybridized carbons (Fsp3) is 0.455. The highest BCUT2D eigenvalue weighted by Crippen LogP contribution is 2.34. The third kappa shape index (κ3) is 3.67. The van der Waals surface area contributed by atoms with Crippen molar-refractivity contribution in [2.75, 3.05) is 24.5 Å². The largest absolute Gasteiger partial charge is 0.355 e. The number of likely N-dealkylation sites (N-methyl/N-ethyl adjacent to an activating group) is 1. The van der Waals surface area contributed by atoms with E-state index in [0.29, 0.717) is 44.6 Å². The van der Waals surface area contributed by atoms with Gasteiger partial charge in [0.1, 0.15) is 15.8 Å². The number of thiocarbonyl (C=S) groups is 1. The number of carbonyl (C=O) groups is 1. The zero-order valence-electron chi connectivity index (χ0n) is 17.7. The smallest absolute Gasteiger partial charge is 0.267 e. The second-order valence-electron chi connectivity index (χ2n) is 8.32. The first-order valence-corrected chi connectivity index (χ1v) is 11.5. The maximum Gasteiger partial charge on any atom is 0.267 e. The summed E-state index contributed by atoms with van der Waals surface area (Å²) in [6.45, 7) is 10.5. The standard InChI is InChI=1S/C22H26N4O2S2/c1-5-25-21(28)17(30-22(25)29)10-16-19(24-11-13(2)9-14(3)12-24)23-18-15(4)7-6-8-26(18)20(16)27/h6-8,10,13-14H,5,9,11-12H2,1-4H3. The molecule has 0 bridgehead atoms. The molecule has 0 N–H and O–H groups in total. The molecule has 2 aliphatic heterocycles. The number of hydrogen-bond donors (Lipinski definition) is 0. The van der Waals surface area contributed by atoms with Crippen LogP contribution in [0.15, 0.2) is 28.0 Å². The minimum Gasteiger partial charge on any atom is -0.355 e. The number of amides is 1. The SMILES string of the molecule is CCN1C(=O)C(=Cc2c(N3CC(C)CC(C)C3)nc3c(C)cccn3c2=O)SC1=S. The van der Waals surface area contributed by atoms with Gasteiger partial charge in [0.05, 0.1) is 10.5 Å². The maximum absolute atomic E-state index is 13.5. The van der Waals surface area contributed by atoms with Crippen molar-refractivity contribution in [2.24, 2.45) is 11.8 Å². The van der Waals surface area contributed by atoms with Crippen LogP contribution in [0.5, 0.6) is 0 Å². The minimum atomic E-state index is -0.161. The monoisotopic (exact) mass is 442 g/mol. The predicted molar refractivity (Wildman–Crippen MR) is 127 cm³/mol. The van der Waals surface area contributed by atoms with Crippen LogP contribution in [-0.2, 0) is 4.79 Å². The van der Waals surface area contributed by atoms with Gasteiger partial charge in [-0.2, -0.15) is 0 Å². The van der Waals surface area contributed by atoms with E-state index in [0.717, 1.165) is 25.1 Å². The number of pyridine rings is 1. The van der Waals surface area contributed by atoms with Crippen molar-refractivity contribution in [2.45, 2.75) is 34.1 Å². The number of thioether (sulfide) groups is 1. The lowest BCUT2D eigenvalue weighted by atomic mass is 9.91. The number of aromatic nitrogens is 2. The molecule has 0 saturated carbocycles. The lowest BCUT2D eigenvalue weighted by Crippen LogP contribution is -2.40. The molecule has 0 radical (unpaired) electrons. The van der Waals surface area contributed by atoms with Crippen LogP contribution in [0.25, 0.3) is 11.7 Å². The first-order chi connectivity index (χ1) is 14.3. The Bertz CT molecular complexity index is 1110. The van der Waals surface area contributed by atoms with E-state index in [1.807, 2.05) is 26.0 Å². The van der Waals surface area contributed by atoms with Gasteiger partial charge in [-0.1, -0.05) is 43.9 Å². The molecule has 2 saturated heterocycles. The average molecular weight is 443 g/mol. The zero-order chi connectivity index (χ0) is 21.6. The molecule has 158 valence electrons. The molecular formula is C22H26N4O2S2. The topological polar surface area (TPSA) is 57.9 Å². The van der Waals surface area contributed by atoms with Crippen LogP contribution < -0.4 is 10.5 Å². The minimum absolute atomic E-state index is 0.146. The van der Waals surface area contributed by atoms with Crippen LogP contribution in [0.2, 0.25) is 0 Å². The third-order valence-electron chi connectivity index (χ3n) is 5.70. The number of rotatable bonds is 3. The molecule has 4 heterocycles. The van der Waals surface area contributed by atoms with Gasteiger partial charge in [0.2, 0.25) is 0 Å². The summed E-state index contributed by atoms with van der Waals surface area (Å²) in [4.78, 5) is 35.5. The highest BCUT2D eigenvalue weighted by atomic mass is 32.2. The molecule has 8 heteroatoms. The van der Waals surface area contributed by atoms with Gasteiger partial charge in [0, 0.05) is 25.8 Å². The molecule has 2 fully saturated rings. The number of hydrogen-bond acceptors (Lipinski definition) is 6. The average Bonchev–Trinajstić information content (AvgIpc) is 2.96. The van der Waals surface area contributed by atoms with E-state index in [1.54, 1.807) is 21.6 Å². The lowest BCUT2D eigenvalue weighted by Gasteiger charge is -2.36. The van der Waals surface area contributed by atoms with Gasteiger partial charge in [-0.15, -0.1) is 0 Å². The molecule has 0 aromatic carbocycles. The fourth-order valence-electron chi connectivity index (χ4n) is 4.41. The lowest BCUT2D eigenvalue weighted by molar-refractivity contribution is -0.121. The Morgan fingerprint density at radius 2 is 1.97 bits per heavy atom. The molecular weight excluding hydrogens is 416 g/mol. The van der Waals surface area contributed by atoms with Crippen molar-refractivity contribution >= 4 is 51.7 Å². The number of anilines is 1. The Balaban J connectivity index is 1.92. The van der Waals surface area contributed by atoms with Crippen molar-refractivity contribution in [3.63, 3.8) is 0 Å². The van der Waals surface area contributed by atoms with Gasteiger partial charge in [0.15, 0.2) is 0 Å². The highest BCUT2D eigenvalue weighted by molar-refractivity contribution is 8.26. The van der Waals surface area contributed by atoms with Crippen molar-refractivity contribution in [1.29, 1.82) is 0 Å². The Kier molecular flexibility index (Phi) is 5.72. The fourth-order valence-corrected chi connectivity index (χ4v) is 5.77. The Morgan fingerprint density at radius 1 is 1.27 bits per heavy atom. The first kappa shape index (κ1) is 21.1. The molecule has 2 unspecified atom stereocenters. The Labute approximate surface area is 186 Å². The summed E-state index contributed by atoms with van der Waals surface area (Å²) < 4.78 is 2.10. The van der Waals surface area contributed by atoms with E-state index in [1.165, 1.54) is 11.8 Å². The van der Waals surface area contributed by atoms with Gasteiger partial charge in [-0.25, -0.2) is 4.98 Å². The molecule has 0 aliphatic carbocycles. The normalized spacial score (nSPS) is 23.8. The number of nitrogens with zero attached hydrogens (tertiary/aromatic N) is 4. The molecule has 2 aromatic rings. The van der Waals surface area contributed by atoms with Gasteiger partial charge in [-0.3, -0.25) is 18.9 Å². The zero-order valence-corrected chi connectivity index (χ0v) is 19.3. The van der Waals surface area contributed by atoms with Gasteiger partial charge in [-0.05, 0) is 49.8 Å². The van der Waals surface area contributed by atoms with Crippen molar-refractivity contribution < 1.29 is 4.79 Å². The molecule has 1 amide bonds. The Hall–Kier alpha value is -2.19. The summed E-state index contributed by atoms with van der Waals surface area (Å²) in [7, 11) is 0. The van der Waals surface area contributed by atoms with Crippen LogP contribution in [0.1, 0.15) is 38.3 Å². The number of fused-ring (bicyclic) bond motifs is 1. The third-order valence-corrected chi connectivity index (χ3v) is 7.08. The van der Waals surface area contributed by atoms with Crippen molar-refractivity contribution in [3.8, 4) is 0 Å². The molecule has 4 rings (SSSR count). The number of piperidine rings is 1. The van der Waals surface area contributed by atoms with Crippen LogP contribution in [-0.4, -0.2) is 44.1 Å². The summed E-state index contributed by atoms with van der Waals surface area (Å²) in [5, 5.41) is 0. The van der Waals surface area contributed by atoms with Crippen LogP contribution in [0, 0.1) is 18.8 Å². The van der Waals surface area contributed by atoms with Gasteiger partial charge >= 0.3 is 0 Å². The molecule has 2 aliphatic rings.